The van der Waals surface area contributed by atoms with Crippen molar-refractivity contribution in [3.63, 3.8) is 0 Å². The van der Waals surface area contributed by atoms with E-state index in [2.05, 4.69) is 15.0 Å². The molecule has 0 aliphatic rings. The van der Waals surface area contributed by atoms with Crippen LogP contribution in [0.5, 0.6) is 0 Å². The van der Waals surface area contributed by atoms with Gasteiger partial charge >= 0.3 is 0 Å². The number of carbonyl (C=O) groups is 1. The molecule has 0 spiro atoms. The van der Waals surface area contributed by atoms with Gasteiger partial charge in [-0.3, -0.25) is 4.79 Å². The van der Waals surface area contributed by atoms with E-state index in [1.807, 2.05) is 0 Å². The van der Waals surface area contributed by atoms with E-state index in [0.717, 1.165) is 5.56 Å². The highest BCUT2D eigenvalue weighted by molar-refractivity contribution is 7.89. The summed E-state index contributed by atoms with van der Waals surface area (Å²) in [6, 6.07) is -0.954. The summed E-state index contributed by atoms with van der Waals surface area (Å²) in [6.07, 6.45) is 0. The zero-order valence-corrected chi connectivity index (χ0v) is 15.9. The summed E-state index contributed by atoms with van der Waals surface area (Å²) in [5.41, 5.74) is 1.74. The van der Waals surface area contributed by atoms with E-state index in [1.165, 1.54) is 25.7 Å². The number of aryl methyl sites for hydroxylation is 4. The van der Waals surface area contributed by atoms with Gasteiger partial charge in [0, 0.05) is 12.6 Å². The molecule has 1 N–H and O–H groups in total. The van der Waals surface area contributed by atoms with Crippen LogP contribution < -0.4 is 4.72 Å². The van der Waals surface area contributed by atoms with Crippen LogP contribution in [0.2, 0.25) is 0 Å². The maximum Gasteiger partial charge on any atom is 0.246 e. The Labute approximate surface area is 146 Å². The standard InChI is InChI=1S/C15H22N4O5S/c1-8-13(11(4)23-16-8)7-19(6)15(20)10(3)18-25(21,22)14-9(2)17-24-12(14)5/h10,18H,7H2,1-6H3/t10-/m0/s1. The van der Waals surface area contributed by atoms with Gasteiger partial charge in [0.1, 0.15) is 16.3 Å². The molecule has 1 amide bonds. The molecule has 10 heteroatoms. The van der Waals surface area contributed by atoms with Crippen molar-refractivity contribution in [2.24, 2.45) is 0 Å². The molecule has 25 heavy (non-hydrogen) atoms. The lowest BCUT2D eigenvalue weighted by Crippen LogP contribution is -2.45. The van der Waals surface area contributed by atoms with Crippen molar-refractivity contribution in [1.82, 2.24) is 19.9 Å². The van der Waals surface area contributed by atoms with Crippen LogP contribution in [0.4, 0.5) is 0 Å². The molecule has 2 aromatic rings. The molecule has 0 fully saturated rings. The van der Waals surface area contributed by atoms with E-state index < -0.39 is 16.1 Å². The Morgan fingerprint density at radius 2 is 1.68 bits per heavy atom. The lowest BCUT2D eigenvalue weighted by atomic mass is 10.2. The molecular weight excluding hydrogens is 348 g/mol. The normalized spacial score (nSPS) is 13.0. The molecule has 0 saturated carbocycles. The fourth-order valence-corrected chi connectivity index (χ4v) is 4.10. The first-order valence-electron chi connectivity index (χ1n) is 7.66. The predicted octanol–water partition coefficient (Wildman–Crippen LogP) is 1.22. The summed E-state index contributed by atoms with van der Waals surface area (Å²) in [5.74, 6) is 0.421. The Morgan fingerprint density at radius 3 is 2.16 bits per heavy atom. The minimum atomic E-state index is -3.92. The smallest absolute Gasteiger partial charge is 0.246 e. The minimum absolute atomic E-state index is 0.0412. The summed E-state index contributed by atoms with van der Waals surface area (Å²) in [7, 11) is -2.33. The molecule has 0 aromatic carbocycles. The molecule has 2 aromatic heterocycles. The Hall–Kier alpha value is -2.20. The second-order valence-corrected chi connectivity index (χ2v) is 7.64. The third-order valence-electron chi connectivity index (χ3n) is 3.89. The van der Waals surface area contributed by atoms with Crippen LogP contribution in [0.15, 0.2) is 13.9 Å². The molecule has 0 aliphatic carbocycles. The number of carbonyl (C=O) groups excluding carboxylic acids is 1. The van der Waals surface area contributed by atoms with Gasteiger partial charge in [0.05, 0.1) is 18.3 Å². The summed E-state index contributed by atoms with van der Waals surface area (Å²) >= 11 is 0. The number of nitrogens with zero attached hydrogens (tertiary/aromatic N) is 3. The van der Waals surface area contributed by atoms with Crippen molar-refractivity contribution in [3.05, 3.63) is 28.5 Å². The average molecular weight is 370 g/mol. The van der Waals surface area contributed by atoms with Gasteiger partial charge in [-0.2, -0.15) is 4.72 Å². The molecule has 2 heterocycles. The van der Waals surface area contributed by atoms with Gasteiger partial charge in [0.25, 0.3) is 0 Å². The van der Waals surface area contributed by atoms with E-state index in [4.69, 9.17) is 9.05 Å². The van der Waals surface area contributed by atoms with Crippen LogP contribution in [0, 0.1) is 27.7 Å². The molecular formula is C15H22N4O5S. The highest BCUT2D eigenvalue weighted by Gasteiger charge is 2.29. The highest BCUT2D eigenvalue weighted by Crippen LogP contribution is 2.19. The van der Waals surface area contributed by atoms with Gasteiger partial charge in [0.15, 0.2) is 5.76 Å². The van der Waals surface area contributed by atoms with Crippen LogP contribution in [-0.4, -0.2) is 42.6 Å². The number of rotatable bonds is 6. The second-order valence-electron chi connectivity index (χ2n) is 5.99. The quantitative estimate of drug-likeness (QED) is 0.812. The molecule has 0 aliphatic heterocycles. The first kappa shape index (κ1) is 19.1. The Bertz CT molecular complexity index is 845. The van der Waals surface area contributed by atoms with Gasteiger partial charge in [-0.1, -0.05) is 10.3 Å². The number of likely N-dealkylation sites (N-methyl/N-ethyl adjacent to an activating group) is 1. The van der Waals surface area contributed by atoms with Crippen molar-refractivity contribution in [2.75, 3.05) is 7.05 Å². The summed E-state index contributed by atoms with van der Waals surface area (Å²) in [6.45, 7) is 8.34. The number of hydrogen-bond donors (Lipinski definition) is 1. The fraction of sp³-hybridized carbons (Fsp3) is 0.533. The van der Waals surface area contributed by atoms with Crippen molar-refractivity contribution >= 4 is 15.9 Å². The van der Waals surface area contributed by atoms with E-state index in [1.54, 1.807) is 20.9 Å². The number of aromatic nitrogens is 2. The molecule has 0 bridgehead atoms. The van der Waals surface area contributed by atoms with Gasteiger partial charge < -0.3 is 13.9 Å². The summed E-state index contributed by atoms with van der Waals surface area (Å²) in [5, 5.41) is 7.48. The summed E-state index contributed by atoms with van der Waals surface area (Å²) < 4.78 is 37.3. The van der Waals surface area contributed by atoms with Crippen molar-refractivity contribution in [2.45, 2.75) is 52.1 Å². The van der Waals surface area contributed by atoms with Crippen LogP contribution in [-0.2, 0) is 21.4 Å². The SMILES string of the molecule is Cc1noc(C)c1CN(C)C(=O)[C@H](C)NS(=O)(=O)c1c(C)noc1C. The Balaban J connectivity index is 2.12. The molecule has 0 saturated heterocycles. The third-order valence-corrected chi connectivity index (χ3v) is 5.68. The maximum atomic E-state index is 12.5. The molecule has 9 nitrogen and oxygen atoms in total. The Kier molecular flexibility index (Phi) is 5.33. The molecule has 1 atom stereocenters. The zero-order valence-electron chi connectivity index (χ0n) is 15.1. The predicted molar refractivity (Wildman–Crippen MR) is 88.2 cm³/mol. The maximum absolute atomic E-state index is 12.5. The topological polar surface area (TPSA) is 119 Å². The van der Waals surface area contributed by atoms with Crippen LogP contribution in [0.3, 0.4) is 0 Å². The first-order chi connectivity index (χ1) is 11.5. The van der Waals surface area contributed by atoms with Crippen LogP contribution in [0.25, 0.3) is 0 Å². The molecule has 138 valence electrons. The monoisotopic (exact) mass is 370 g/mol. The van der Waals surface area contributed by atoms with E-state index >= 15 is 0 Å². The second kappa shape index (κ2) is 6.96. The minimum Gasteiger partial charge on any atom is -0.361 e. The molecule has 2 rings (SSSR count). The van der Waals surface area contributed by atoms with E-state index in [0.29, 0.717) is 11.5 Å². The third kappa shape index (κ3) is 3.90. The fourth-order valence-electron chi connectivity index (χ4n) is 2.57. The number of hydrogen-bond acceptors (Lipinski definition) is 7. The first-order valence-corrected chi connectivity index (χ1v) is 9.14. The van der Waals surface area contributed by atoms with E-state index in [9.17, 15) is 13.2 Å². The van der Waals surface area contributed by atoms with Crippen LogP contribution >= 0.6 is 0 Å². The van der Waals surface area contributed by atoms with Gasteiger partial charge in [-0.25, -0.2) is 8.42 Å². The number of sulfonamides is 1. The van der Waals surface area contributed by atoms with E-state index in [-0.39, 0.29) is 28.8 Å². The summed E-state index contributed by atoms with van der Waals surface area (Å²) in [4.78, 5) is 13.9. The van der Waals surface area contributed by atoms with Crippen molar-refractivity contribution in [3.8, 4) is 0 Å². The lowest BCUT2D eigenvalue weighted by Gasteiger charge is -2.22. The molecule has 0 unspecified atom stereocenters. The highest BCUT2D eigenvalue weighted by atomic mass is 32.2. The van der Waals surface area contributed by atoms with Gasteiger partial charge in [-0.05, 0) is 34.6 Å². The number of amides is 1. The van der Waals surface area contributed by atoms with Gasteiger partial charge in [-0.15, -0.1) is 0 Å². The van der Waals surface area contributed by atoms with Crippen LogP contribution in [0.1, 0.15) is 35.4 Å². The largest absolute Gasteiger partial charge is 0.361 e. The number of nitrogens with one attached hydrogen (secondary N) is 1. The lowest BCUT2D eigenvalue weighted by molar-refractivity contribution is -0.131. The average Bonchev–Trinajstić information content (AvgIpc) is 3.02. The molecule has 0 radical (unpaired) electrons. The van der Waals surface area contributed by atoms with Crippen molar-refractivity contribution in [1.29, 1.82) is 0 Å². The Morgan fingerprint density at radius 1 is 1.12 bits per heavy atom. The van der Waals surface area contributed by atoms with Crippen molar-refractivity contribution < 1.29 is 22.3 Å². The van der Waals surface area contributed by atoms with Gasteiger partial charge in [0.2, 0.25) is 15.9 Å². The zero-order chi connectivity index (χ0) is 18.9.